The third kappa shape index (κ3) is 3.80. The van der Waals surface area contributed by atoms with Crippen molar-refractivity contribution in [2.24, 2.45) is 0 Å². The second-order valence-corrected chi connectivity index (χ2v) is 7.78. The molecule has 0 saturated carbocycles. The summed E-state index contributed by atoms with van der Waals surface area (Å²) >= 11 is 3.82. The molecule has 1 aromatic rings. The Kier molecular flexibility index (Phi) is 5.42. The number of hydrogen-bond acceptors (Lipinski definition) is 5. The Morgan fingerprint density at radius 1 is 1.42 bits per heavy atom. The molecule has 4 unspecified atom stereocenters. The van der Waals surface area contributed by atoms with E-state index in [2.05, 4.69) is 18.8 Å². The summed E-state index contributed by atoms with van der Waals surface area (Å²) in [5, 5.41) is 12.0. The maximum absolute atomic E-state index is 10.5. The lowest BCUT2D eigenvalue weighted by molar-refractivity contribution is 0.179. The molecule has 106 valence electrons. The van der Waals surface area contributed by atoms with Crippen LogP contribution in [0.3, 0.4) is 0 Å². The van der Waals surface area contributed by atoms with Crippen molar-refractivity contribution in [3.8, 4) is 5.75 Å². The van der Waals surface area contributed by atoms with Crippen LogP contribution in [0.25, 0.3) is 0 Å². The van der Waals surface area contributed by atoms with Gasteiger partial charge < -0.3 is 9.84 Å². The molecule has 0 spiro atoms. The molecule has 1 fully saturated rings. The number of pyridine rings is 1. The summed E-state index contributed by atoms with van der Waals surface area (Å²) in [5.74, 6) is 1.71. The van der Waals surface area contributed by atoms with Crippen molar-refractivity contribution in [2.75, 3.05) is 12.4 Å². The lowest BCUT2D eigenvalue weighted by atomic mass is 10.1. The molecule has 0 amide bonds. The quantitative estimate of drug-likeness (QED) is 0.925. The van der Waals surface area contributed by atoms with Crippen molar-refractivity contribution < 1.29 is 9.84 Å². The van der Waals surface area contributed by atoms with E-state index >= 15 is 0 Å². The van der Waals surface area contributed by atoms with Crippen LogP contribution in [-0.2, 0) is 0 Å². The third-order valence-corrected chi connectivity index (χ3v) is 6.79. The van der Waals surface area contributed by atoms with Crippen LogP contribution >= 0.6 is 23.5 Å². The molecule has 1 saturated heterocycles. The molecule has 1 N–H and O–H groups in total. The molecule has 0 aliphatic carbocycles. The van der Waals surface area contributed by atoms with Gasteiger partial charge in [0.25, 0.3) is 0 Å². The van der Waals surface area contributed by atoms with E-state index in [1.165, 1.54) is 0 Å². The normalized spacial score (nSPS) is 28.9. The number of hydrogen-bond donors (Lipinski definition) is 1. The molecule has 0 aromatic carbocycles. The van der Waals surface area contributed by atoms with Crippen molar-refractivity contribution in [3.05, 3.63) is 24.0 Å². The van der Waals surface area contributed by atoms with E-state index < -0.39 is 6.10 Å². The van der Waals surface area contributed by atoms with Crippen molar-refractivity contribution in [1.29, 1.82) is 0 Å². The number of aromatic nitrogens is 1. The zero-order valence-electron chi connectivity index (χ0n) is 11.6. The molecule has 0 bridgehead atoms. The van der Waals surface area contributed by atoms with Crippen LogP contribution in [0.1, 0.15) is 32.4 Å². The van der Waals surface area contributed by atoms with Crippen molar-refractivity contribution >= 4 is 23.5 Å². The van der Waals surface area contributed by atoms with E-state index in [0.717, 1.165) is 17.1 Å². The van der Waals surface area contributed by atoms with E-state index in [1.807, 2.05) is 36.5 Å². The van der Waals surface area contributed by atoms with Gasteiger partial charge in [0.2, 0.25) is 0 Å². The Balaban J connectivity index is 2.06. The molecular weight excluding hydrogens is 278 g/mol. The number of rotatable bonds is 4. The number of nitrogens with zero attached hydrogens (tertiary/aromatic N) is 1. The van der Waals surface area contributed by atoms with E-state index in [4.69, 9.17) is 4.74 Å². The number of aliphatic hydroxyl groups is 1. The fourth-order valence-electron chi connectivity index (χ4n) is 2.03. The van der Waals surface area contributed by atoms with Crippen LogP contribution in [0.2, 0.25) is 0 Å². The number of aliphatic hydroxyl groups excluding tert-OH is 1. The first-order valence-electron chi connectivity index (χ1n) is 6.64. The Bertz CT molecular complexity index is 416. The van der Waals surface area contributed by atoms with Crippen molar-refractivity contribution in [3.63, 3.8) is 0 Å². The molecule has 2 heterocycles. The number of ether oxygens (including phenoxy) is 1. The Morgan fingerprint density at radius 3 is 2.89 bits per heavy atom. The summed E-state index contributed by atoms with van der Waals surface area (Å²) in [6.07, 6.45) is 2.95. The highest BCUT2D eigenvalue weighted by molar-refractivity contribution is 8.07. The molecule has 19 heavy (non-hydrogen) atoms. The second-order valence-electron chi connectivity index (χ2n) is 4.75. The predicted molar refractivity (Wildman–Crippen MR) is 83.1 cm³/mol. The van der Waals surface area contributed by atoms with Gasteiger partial charge in [0, 0.05) is 33.3 Å². The fourth-order valence-corrected chi connectivity index (χ4v) is 5.03. The molecule has 1 aliphatic rings. The topological polar surface area (TPSA) is 42.4 Å². The minimum absolute atomic E-state index is 0.231. The fraction of sp³-hybridized carbons (Fsp3) is 0.643. The summed E-state index contributed by atoms with van der Waals surface area (Å²) in [5.41, 5.74) is 0.853. The van der Waals surface area contributed by atoms with Gasteiger partial charge in [0.05, 0.1) is 18.9 Å². The molecule has 0 radical (unpaired) electrons. The van der Waals surface area contributed by atoms with Crippen LogP contribution in [0.15, 0.2) is 18.5 Å². The standard InChI is InChI=1S/C14H21NO2S2/c1-4-17-12-5-11(6-15-7-12)14(16)13-8-18-9(2)10(3)19-13/h5-7,9-10,13-14,16H,4,8H2,1-3H3. The second kappa shape index (κ2) is 6.86. The maximum atomic E-state index is 10.5. The van der Waals surface area contributed by atoms with Crippen molar-refractivity contribution in [1.82, 2.24) is 4.98 Å². The molecule has 3 nitrogen and oxygen atoms in total. The van der Waals surface area contributed by atoms with Gasteiger partial charge in [-0.25, -0.2) is 0 Å². The molecular formula is C14H21NO2S2. The van der Waals surface area contributed by atoms with Crippen LogP contribution in [-0.4, -0.2) is 38.2 Å². The monoisotopic (exact) mass is 299 g/mol. The SMILES string of the molecule is CCOc1cncc(C(O)C2CSC(C)C(C)S2)c1. The first kappa shape index (κ1) is 15.0. The Morgan fingerprint density at radius 2 is 2.21 bits per heavy atom. The van der Waals surface area contributed by atoms with E-state index in [1.54, 1.807) is 12.4 Å². The lowest BCUT2D eigenvalue weighted by Crippen LogP contribution is -2.30. The average Bonchev–Trinajstić information content (AvgIpc) is 2.42. The van der Waals surface area contributed by atoms with Gasteiger partial charge in [0.15, 0.2) is 0 Å². The van der Waals surface area contributed by atoms with Crippen LogP contribution in [0, 0.1) is 0 Å². The van der Waals surface area contributed by atoms with Gasteiger partial charge in [0.1, 0.15) is 5.75 Å². The lowest BCUT2D eigenvalue weighted by Gasteiger charge is -2.33. The highest BCUT2D eigenvalue weighted by Gasteiger charge is 2.31. The van der Waals surface area contributed by atoms with Gasteiger partial charge in [-0.3, -0.25) is 4.98 Å². The molecule has 1 aliphatic heterocycles. The summed E-state index contributed by atoms with van der Waals surface area (Å²) in [4.78, 5) is 4.15. The molecule has 5 heteroatoms. The summed E-state index contributed by atoms with van der Waals surface area (Å²) in [6.45, 7) is 7.04. The molecule has 4 atom stereocenters. The van der Waals surface area contributed by atoms with E-state index in [9.17, 15) is 5.11 Å². The summed E-state index contributed by atoms with van der Waals surface area (Å²) in [7, 11) is 0. The van der Waals surface area contributed by atoms with Gasteiger partial charge in [-0.05, 0) is 13.0 Å². The Labute approximate surface area is 123 Å². The van der Waals surface area contributed by atoms with Gasteiger partial charge in [-0.2, -0.15) is 23.5 Å². The summed E-state index contributed by atoms with van der Waals surface area (Å²) in [6, 6.07) is 1.90. The Hall–Kier alpha value is -0.390. The van der Waals surface area contributed by atoms with Crippen LogP contribution in [0.5, 0.6) is 5.75 Å². The average molecular weight is 299 g/mol. The minimum Gasteiger partial charge on any atom is -0.492 e. The maximum Gasteiger partial charge on any atom is 0.137 e. The smallest absolute Gasteiger partial charge is 0.137 e. The largest absolute Gasteiger partial charge is 0.492 e. The van der Waals surface area contributed by atoms with Crippen molar-refractivity contribution in [2.45, 2.75) is 42.6 Å². The predicted octanol–water partition coefficient (Wildman–Crippen LogP) is 3.14. The zero-order chi connectivity index (χ0) is 13.8. The number of thioether (sulfide) groups is 2. The first-order chi connectivity index (χ1) is 9.11. The van der Waals surface area contributed by atoms with Crippen LogP contribution in [0.4, 0.5) is 0 Å². The summed E-state index contributed by atoms with van der Waals surface area (Å²) < 4.78 is 5.44. The first-order valence-corrected chi connectivity index (χ1v) is 8.63. The van der Waals surface area contributed by atoms with Crippen LogP contribution < -0.4 is 4.74 Å². The van der Waals surface area contributed by atoms with E-state index in [0.29, 0.717) is 17.1 Å². The molecule has 2 rings (SSSR count). The van der Waals surface area contributed by atoms with E-state index in [-0.39, 0.29) is 5.25 Å². The third-order valence-electron chi connectivity index (χ3n) is 3.31. The minimum atomic E-state index is -0.472. The van der Waals surface area contributed by atoms with Gasteiger partial charge >= 0.3 is 0 Å². The zero-order valence-corrected chi connectivity index (χ0v) is 13.2. The molecule has 1 aromatic heterocycles. The highest BCUT2D eigenvalue weighted by Crippen LogP contribution is 2.41. The van der Waals surface area contributed by atoms with Gasteiger partial charge in [-0.15, -0.1) is 0 Å². The van der Waals surface area contributed by atoms with Gasteiger partial charge in [-0.1, -0.05) is 13.8 Å². The highest BCUT2D eigenvalue weighted by atomic mass is 32.2.